The number of amides is 1. The highest BCUT2D eigenvalue weighted by atomic mass is 16.7. The van der Waals surface area contributed by atoms with E-state index < -0.39 is 6.04 Å². The number of rotatable bonds is 4. The van der Waals surface area contributed by atoms with Gasteiger partial charge in [-0.2, -0.15) is 0 Å². The summed E-state index contributed by atoms with van der Waals surface area (Å²) in [4.78, 5) is 25.9. The van der Waals surface area contributed by atoms with Gasteiger partial charge in [0.1, 0.15) is 12.6 Å². The SMILES string of the molecule is CCN1CCOC(=O)[C@@H]1CC(=O)Nc1ccc2c(c1)OCO2. The second-order valence-corrected chi connectivity index (χ2v) is 5.13. The quantitative estimate of drug-likeness (QED) is 0.836. The average Bonchev–Trinajstić information content (AvgIpc) is 2.97. The predicted octanol–water partition coefficient (Wildman–Crippen LogP) is 0.991. The zero-order valence-electron chi connectivity index (χ0n) is 12.3. The van der Waals surface area contributed by atoms with Gasteiger partial charge < -0.3 is 19.5 Å². The van der Waals surface area contributed by atoms with Gasteiger partial charge in [0.25, 0.3) is 0 Å². The van der Waals surface area contributed by atoms with Crippen molar-refractivity contribution < 1.29 is 23.8 Å². The molecule has 1 aromatic carbocycles. The summed E-state index contributed by atoms with van der Waals surface area (Å²) in [6, 6.07) is 4.66. The first-order valence-corrected chi connectivity index (χ1v) is 7.27. The molecule has 0 aliphatic carbocycles. The van der Waals surface area contributed by atoms with Crippen LogP contribution in [0.1, 0.15) is 13.3 Å². The van der Waals surface area contributed by atoms with E-state index in [1.165, 1.54) is 0 Å². The largest absolute Gasteiger partial charge is 0.463 e. The summed E-state index contributed by atoms with van der Waals surface area (Å²) >= 11 is 0. The topological polar surface area (TPSA) is 77.1 Å². The Hall–Kier alpha value is -2.28. The lowest BCUT2D eigenvalue weighted by Gasteiger charge is -2.32. The fourth-order valence-corrected chi connectivity index (χ4v) is 2.62. The molecule has 1 aromatic rings. The Labute approximate surface area is 128 Å². The molecule has 0 radical (unpaired) electrons. The highest BCUT2D eigenvalue weighted by molar-refractivity contribution is 5.94. The van der Waals surface area contributed by atoms with Crippen LogP contribution in [0.25, 0.3) is 0 Å². The zero-order chi connectivity index (χ0) is 15.5. The number of nitrogens with one attached hydrogen (secondary N) is 1. The van der Waals surface area contributed by atoms with Crippen molar-refractivity contribution in [2.24, 2.45) is 0 Å². The van der Waals surface area contributed by atoms with Gasteiger partial charge in [-0.25, -0.2) is 0 Å². The van der Waals surface area contributed by atoms with Crippen LogP contribution in [0.4, 0.5) is 5.69 Å². The summed E-state index contributed by atoms with van der Waals surface area (Å²) in [7, 11) is 0. The lowest BCUT2D eigenvalue weighted by atomic mass is 10.1. The standard InChI is InChI=1S/C15H18N2O5/c1-2-17-5-6-20-15(19)11(17)8-14(18)16-10-3-4-12-13(7-10)22-9-21-12/h3-4,7,11H,2,5-6,8-9H2,1H3,(H,16,18)/t11-/m0/s1. The number of benzene rings is 1. The third-order valence-electron chi connectivity index (χ3n) is 3.78. The smallest absolute Gasteiger partial charge is 0.323 e. The van der Waals surface area contributed by atoms with Gasteiger partial charge in [-0.05, 0) is 18.7 Å². The van der Waals surface area contributed by atoms with Gasteiger partial charge in [0.2, 0.25) is 12.7 Å². The van der Waals surface area contributed by atoms with Crippen LogP contribution in [0.15, 0.2) is 18.2 Å². The van der Waals surface area contributed by atoms with E-state index in [0.717, 1.165) is 0 Å². The van der Waals surface area contributed by atoms with E-state index in [-0.39, 0.29) is 25.1 Å². The maximum absolute atomic E-state index is 12.2. The normalized spacial score (nSPS) is 20.6. The number of carbonyl (C=O) groups excluding carboxylic acids is 2. The molecular formula is C15H18N2O5. The molecule has 1 atom stereocenters. The number of ether oxygens (including phenoxy) is 3. The van der Waals surface area contributed by atoms with Gasteiger partial charge >= 0.3 is 5.97 Å². The van der Waals surface area contributed by atoms with Gasteiger partial charge in [0, 0.05) is 18.3 Å². The fraction of sp³-hybridized carbons (Fsp3) is 0.467. The fourth-order valence-electron chi connectivity index (χ4n) is 2.62. The molecule has 1 fully saturated rings. The Bertz CT molecular complexity index is 589. The van der Waals surface area contributed by atoms with Gasteiger partial charge in [-0.1, -0.05) is 6.92 Å². The minimum Gasteiger partial charge on any atom is -0.463 e. The van der Waals surface area contributed by atoms with E-state index in [1.54, 1.807) is 18.2 Å². The molecule has 0 spiro atoms. The number of esters is 1. The highest BCUT2D eigenvalue weighted by Crippen LogP contribution is 2.34. The third-order valence-corrected chi connectivity index (χ3v) is 3.78. The molecule has 0 unspecified atom stereocenters. The van der Waals surface area contributed by atoms with Crippen LogP contribution in [0, 0.1) is 0 Å². The van der Waals surface area contributed by atoms with Gasteiger partial charge in [0.15, 0.2) is 11.5 Å². The first kappa shape index (κ1) is 14.6. The number of cyclic esters (lactones) is 1. The molecule has 7 nitrogen and oxygen atoms in total. The van der Waals surface area contributed by atoms with Crippen LogP contribution in [-0.4, -0.2) is 49.3 Å². The molecule has 118 valence electrons. The number of fused-ring (bicyclic) bond motifs is 1. The van der Waals surface area contributed by atoms with E-state index in [9.17, 15) is 9.59 Å². The van der Waals surface area contributed by atoms with E-state index in [4.69, 9.17) is 14.2 Å². The number of hydrogen-bond donors (Lipinski definition) is 1. The minimum atomic E-state index is -0.521. The van der Waals surface area contributed by atoms with Crippen LogP contribution in [0.3, 0.4) is 0 Å². The molecule has 3 rings (SSSR count). The van der Waals surface area contributed by atoms with E-state index >= 15 is 0 Å². The Morgan fingerprint density at radius 2 is 2.14 bits per heavy atom. The molecule has 2 aliphatic heterocycles. The molecule has 2 aliphatic rings. The van der Waals surface area contributed by atoms with Crippen molar-refractivity contribution in [2.75, 3.05) is 31.8 Å². The molecular weight excluding hydrogens is 288 g/mol. The van der Waals surface area contributed by atoms with Crippen molar-refractivity contribution in [3.05, 3.63) is 18.2 Å². The van der Waals surface area contributed by atoms with Crippen LogP contribution in [-0.2, 0) is 14.3 Å². The maximum atomic E-state index is 12.2. The Morgan fingerprint density at radius 1 is 1.32 bits per heavy atom. The Morgan fingerprint density at radius 3 is 2.95 bits per heavy atom. The summed E-state index contributed by atoms with van der Waals surface area (Å²) in [5.41, 5.74) is 0.612. The Kier molecular flexibility index (Phi) is 4.15. The lowest BCUT2D eigenvalue weighted by molar-refractivity contribution is -0.158. The number of hydrogen-bond acceptors (Lipinski definition) is 6. The molecule has 7 heteroatoms. The first-order chi connectivity index (χ1) is 10.7. The lowest BCUT2D eigenvalue weighted by Crippen LogP contribution is -2.50. The van der Waals surface area contributed by atoms with Crippen molar-refractivity contribution in [3.63, 3.8) is 0 Å². The van der Waals surface area contributed by atoms with Crippen molar-refractivity contribution >= 4 is 17.6 Å². The second-order valence-electron chi connectivity index (χ2n) is 5.13. The summed E-state index contributed by atoms with van der Waals surface area (Å²) < 4.78 is 15.5. The molecule has 1 amide bonds. The zero-order valence-corrected chi connectivity index (χ0v) is 12.3. The number of likely N-dealkylation sites (N-methyl/N-ethyl adjacent to an activating group) is 1. The van der Waals surface area contributed by atoms with E-state index in [0.29, 0.717) is 36.9 Å². The summed E-state index contributed by atoms with van der Waals surface area (Å²) in [5.74, 6) is 0.686. The number of nitrogens with zero attached hydrogens (tertiary/aromatic N) is 1. The Balaban J connectivity index is 1.63. The van der Waals surface area contributed by atoms with Crippen LogP contribution >= 0.6 is 0 Å². The van der Waals surface area contributed by atoms with Gasteiger partial charge in [-0.15, -0.1) is 0 Å². The van der Waals surface area contributed by atoms with Crippen molar-refractivity contribution in [3.8, 4) is 11.5 Å². The molecule has 0 bridgehead atoms. The molecule has 22 heavy (non-hydrogen) atoms. The van der Waals surface area contributed by atoms with Crippen LogP contribution < -0.4 is 14.8 Å². The molecule has 1 N–H and O–H groups in total. The van der Waals surface area contributed by atoms with Crippen LogP contribution in [0.2, 0.25) is 0 Å². The summed E-state index contributed by atoms with van der Waals surface area (Å²) in [6.45, 7) is 3.89. The molecule has 1 saturated heterocycles. The highest BCUT2D eigenvalue weighted by Gasteiger charge is 2.32. The molecule has 0 aromatic heterocycles. The van der Waals surface area contributed by atoms with Crippen molar-refractivity contribution in [1.82, 2.24) is 4.90 Å². The monoisotopic (exact) mass is 306 g/mol. The minimum absolute atomic E-state index is 0.0706. The molecule has 2 heterocycles. The summed E-state index contributed by atoms with van der Waals surface area (Å²) in [6.07, 6.45) is 0.0706. The number of carbonyl (C=O) groups is 2. The second kappa shape index (κ2) is 6.23. The van der Waals surface area contributed by atoms with E-state index in [1.807, 2.05) is 11.8 Å². The number of anilines is 1. The summed E-state index contributed by atoms with van der Waals surface area (Å²) in [5, 5.41) is 2.78. The van der Waals surface area contributed by atoms with Crippen molar-refractivity contribution in [1.29, 1.82) is 0 Å². The number of morpholine rings is 1. The maximum Gasteiger partial charge on any atom is 0.323 e. The van der Waals surface area contributed by atoms with Gasteiger partial charge in [-0.3, -0.25) is 14.5 Å². The van der Waals surface area contributed by atoms with Gasteiger partial charge in [0.05, 0.1) is 6.42 Å². The van der Waals surface area contributed by atoms with Crippen molar-refractivity contribution in [2.45, 2.75) is 19.4 Å². The molecule has 0 saturated carbocycles. The third kappa shape index (κ3) is 2.99. The average molecular weight is 306 g/mol. The predicted molar refractivity (Wildman–Crippen MR) is 77.8 cm³/mol. The van der Waals surface area contributed by atoms with E-state index in [2.05, 4.69) is 5.32 Å². The van der Waals surface area contributed by atoms with Crippen LogP contribution in [0.5, 0.6) is 11.5 Å². The first-order valence-electron chi connectivity index (χ1n) is 7.27.